The van der Waals surface area contributed by atoms with Crippen molar-refractivity contribution in [3.05, 3.63) is 55.6 Å². The van der Waals surface area contributed by atoms with Crippen LogP contribution in [-0.2, 0) is 4.84 Å². The Morgan fingerprint density at radius 1 is 1.35 bits per heavy atom. The van der Waals surface area contributed by atoms with E-state index in [1.54, 1.807) is 32.0 Å². The molecule has 0 spiro atoms. The van der Waals surface area contributed by atoms with Crippen LogP contribution in [0.1, 0.15) is 29.3 Å². The molecule has 0 aliphatic heterocycles. The van der Waals surface area contributed by atoms with Gasteiger partial charge in [0.2, 0.25) is 0 Å². The van der Waals surface area contributed by atoms with Crippen molar-refractivity contribution in [3.8, 4) is 11.1 Å². The molecule has 1 atom stereocenters. The number of amides is 1. The zero-order chi connectivity index (χ0) is 19.4. The van der Waals surface area contributed by atoms with Crippen molar-refractivity contribution in [1.29, 1.82) is 0 Å². The molecule has 140 valence electrons. The minimum Gasteiger partial charge on any atom is -0.391 e. The van der Waals surface area contributed by atoms with Crippen molar-refractivity contribution in [2.45, 2.75) is 26.4 Å². The second-order valence-corrected chi connectivity index (χ2v) is 7.33. The predicted molar refractivity (Wildman–Crippen MR) is 104 cm³/mol. The summed E-state index contributed by atoms with van der Waals surface area (Å²) in [7, 11) is 0. The fraction of sp³-hybridized carbons (Fsp3) is 0.278. The fourth-order valence-electron chi connectivity index (χ4n) is 2.32. The van der Waals surface area contributed by atoms with E-state index in [0.717, 1.165) is 9.64 Å². The van der Waals surface area contributed by atoms with Crippen molar-refractivity contribution in [2.24, 2.45) is 0 Å². The van der Waals surface area contributed by atoms with Crippen LogP contribution in [0.5, 0.6) is 0 Å². The van der Waals surface area contributed by atoms with Crippen molar-refractivity contribution in [1.82, 2.24) is 5.48 Å². The second-order valence-electron chi connectivity index (χ2n) is 5.67. The van der Waals surface area contributed by atoms with Crippen molar-refractivity contribution >= 4 is 40.1 Å². The van der Waals surface area contributed by atoms with Crippen LogP contribution >= 0.6 is 34.2 Å². The molecule has 1 amide bonds. The summed E-state index contributed by atoms with van der Waals surface area (Å²) < 4.78 is 29.6. The number of aliphatic hydroxyl groups excluding tert-OH is 1. The maximum atomic E-state index is 14.6. The Hall–Kier alpha value is -1.29. The number of nitrogens with one attached hydrogen (secondary N) is 1. The van der Waals surface area contributed by atoms with Crippen LogP contribution in [0.2, 0.25) is 5.02 Å². The van der Waals surface area contributed by atoms with Crippen LogP contribution in [0.3, 0.4) is 0 Å². The lowest BCUT2D eigenvalue weighted by atomic mass is 9.95. The topological polar surface area (TPSA) is 58.6 Å². The molecule has 0 heterocycles. The molecule has 26 heavy (non-hydrogen) atoms. The molecule has 0 radical (unpaired) electrons. The van der Waals surface area contributed by atoms with E-state index in [4.69, 9.17) is 16.4 Å². The molecule has 2 N–H and O–H groups in total. The van der Waals surface area contributed by atoms with Gasteiger partial charge in [0, 0.05) is 9.13 Å². The molecule has 2 aromatic rings. The lowest BCUT2D eigenvalue weighted by Crippen LogP contribution is -2.29. The zero-order valence-corrected chi connectivity index (χ0v) is 17.0. The summed E-state index contributed by atoms with van der Waals surface area (Å²) in [6.45, 7) is 3.36. The number of hydrogen-bond acceptors (Lipinski definition) is 3. The third kappa shape index (κ3) is 4.70. The molecular weight excluding hydrogens is 479 g/mol. The normalized spacial score (nSPS) is 12.1. The van der Waals surface area contributed by atoms with Gasteiger partial charge in [-0.25, -0.2) is 14.3 Å². The summed E-state index contributed by atoms with van der Waals surface area (Å²) in [5, 5.41) is 8.95. The van der Waals surface area contributed by atoms with Crippen LogP contribution in [0.4, 0.5) is 8.78 Å². The van der Waals surface area contributed by atoms with Gasteiger partial charge < -0.3 is 5.11 Å². The summed E-state index contributed by atoms with van der Waals surface area (Å²) >= 11 is 7.82. The predicted octanol–water partition coefficient (Wildman–Crippen LogP) is 4.63. The number of hydroxylamine groups is 1. The van der Waals surface area contributed by atoms with Crippen LogP contribution in [0.25, 0.3) is 11.1 Å². The minimum atomic E-state index is -1.22. The van der Waals surface area contributed by atoms with E-state index >= 15 is 0 Å². The third-order valence-electron chi connectivity index (χ3n) is 3.78. The zero-order valence-electron chi connectivity index (χ0n) is 14.1. The quantitative estimate of drug-likeness (QED) is 0.349. The molecule has 0 saturated heterocycles. The number of aliphatic hydroxyl groups is 1. The Bertz CT molecular complexity index is 833. The van der Waals surface area contributed by atoms with Gasteiger partial charge in [0.15, 0.2) is 11.6 Å². The summed E-state index contributed by atoms with van der Waals surface area (Å²) in [5.41, 5.74) is 2.82. The smallest absolute Gasteiger partial charge is 0.275 e. The molecule has 0 aliphatic carbocycles. The Labute approximate surface area is 168 Å². The highest BCUT2D eigenvalue weighted by Crippen LogP contribution is 2.34. The van der Waals surface area contributed by atoms with Gasteiger partial charge in [-0.1, -0.05) is 24.6 Å². The lowest BCUT2D eigenvalue weighted by molar-refractivity contribution is -0.0133. The van der Waals surface area contributed by atoms with Crippen LogP contribution in [-0.4, -0.2) is 23.7 Å². The van der Waals surface area contributed by atoms with E-state index in [2.05, 4.69) is 28.1 Å². The number of halogens is 4. The minimum absolute atomic E-state index is 0.127. The van der Waals surface area contributed by atoms with Crippen LogP contribution in [0, 0.1) is 22.1 Å². The Balaban J connectivity index is 2.47. The summed E-state index contributed by atoms with van der Waals surface area (Å²) in [6, 6.07) is 6.19. The first-order chi connectivity index (χ1) is 12.3. The summed E-state index contributed by atoms with van der Waals surface area (Å²) in [6.07, 6.45) is -0.304. The van der Waals surface area contributed by atoms with Gasteiger partial charge in [0.1, 0.15) is 6.61 Å². The van der Waals surface area contributed by atoms with Gasteiger partial charge >= 0.3 is 0 Å². The van der Waals surface area contributed by atoms with Crippen molar-refractivity contribution < 1.29 is 23.5 Å². The van der Waals surface area contributed by atoms with Gasteiger partial charge in [-0.05, 0) is 65.3 Å². The molecule has 1 unspecified atom stereocenters. The average Bonchev–Trinajstić information content (AvgIpc) is 2.60. The Morgan fingerprint density at radius 3 is 2.65 bits per heavy atom. The summed E-state index contributed by atoms with van der Waals surface area (Å²) in [5.74, 6) is -3.22. The average molecular weight is 496 g/mol. The number of carbonyl (C=O) groups is 1. The van der Waals surface area contributed by atoms with Crippen molar-refractivity contribution in [3.63, 3.8) is 0 Å². The first-order valence-corrected chi connectivity index (χ1v) is 9.26. The van der Waals surface area contributed by atoms with E-state index < -0.39 is 28.7 Å². The molecule has 0 aromatic heterocycles. The van der Waals surface area contributed by atoms with E-state index in [1.807, 2.05) is 0 Å². The third-order valence-corrected chi connectivity index (χ3v) is 4.72. The molecule has 4 nitrogen and oxygen atoms in total. The number of carbonyl (C=O) groups excluding carboxylic acids is 1. The van der Waals surface area contributed by atoms with Gasteiger partial charge in [-0.3, -0.25) is 9.63 Å². The maximum Gasteiger partial charge on any atom is 0.275 e. The standard InChI is InChI=1S/C18H17ClF2INO3/c1-3-11(24)8-26-23-18(25)13-7-14(19)16(20)17(21)15(13)12-5-4-10(22)6-9(12)2/h4-7,11,24H,3,8H2,1-2H3,(H,23,25). The Morgan fingerprint density at radius 2 is 2.04 bits per heavy atom. The van der Waals surface area contributed by atoms with Gasteiger partial charge in [-0.2, -0.15) is 0 Å². The largest absolute Gasteiger partial charge is 0.391 e. The van der Waals surface area contributed by atoms with Crippen LogP contribution in [0.15, 0.2) is 24.3 Å². The van der Waals surface area contributed by atoms with E-state index in [1.165, 1.54) is 0 Å². The highest BCUT2D eigenvalue weighted by molar-refractivity contribution is 14.1. The molecule has 0 saturated carbocycles. The molecular formula is C18H17ClF2INO3. The summed E-state index contributed by atoms with van der Waals surface area (Å²) in [4.78, 5) is 17.4. The molecule has 8 heteroatoms. The van der Waals surface area contributed by atoms with E-state index in [-0.39, 0.29) is 17.7 Å². The molecule has 2 rings (SSSR count). The molecule has 0 aliphatic rings. The first kappa shape index (κ1) is 21.0. The van der Waals surface area contributed by atoms with Crippen molar-refractivity contribution in [2.75, 3.05) is 6.61 Å². The number of rotatable bonds is 6. The Kier molecular flexibility index (Phi) is 7.33. The highest BCUT2D eigenvalue weighted by atomic mass is 127. The molecule has 0 bridgehead atoms. The number of benzene rings is 2. The second kappa shape index (κ2) is 9.07. The monoisotopic (exact) mass is 495 g/mol. The van der Waals surface area contributed by atoms with Gasteiger partial charge in [0.25, 0.3) is 5.91 Å². The highest BCUT2D eigenvalue weighted by Gasteiger charge is 2.24. The van der Waals surface area contributed by atoms with Crippen LogP contribution < -0.4 is 5.48 Å². The number of hydrogen-bond donors (Lipinski definition) is 2. The fourth-order valence-corrected chi connectivity index (χ4v) is 3.16. The molecule has 2 aromatic carbocycles. The van der Waals surface area contributed by atoms with Gasteiger partial charge in [-0.15, -0.1) is 0 Å². The van der Waals surface area contributed by atoms with E-state index in [0.29, 0.717) is 17.5 Å². The maximum absolute atomic E-state index is 14.6. The number of aryl methyl sites for hydroxylation is 1. The molecule has 0 fully saturated rings. The van der Waals surface area contributed by atoms with E-state index in [9.17, 15) is 18.7 Å². The van der Waals surface area contributed by atoms with Gasteiger partial charge in [0.05, 0.1) is 16.7 Å². The first-order valence-electron chi connectivity index (χ1n) is 7.80. The lowest BCUT2D eigenvalue weighted by Gasteiger charge is -2.15. The SMILES string of the molecule is CCC(O)CONC(=O)c1cc(Cl)c(F)c(F)c1-c1ccc(I)cc1C.